The lowest BCUT2D eigenvalue weighted by Crippen LogP contribution is -2.01. The number of benzene rings is 4. The van der Waals surface area contributed by atoms with Gasteiger partial charge >= 0.3 is 0 Å². The van der Waals surface area contributed by atoms with E-state index < -0.39 is 0 Å². The number of rotatable bonds is 7. The van der Waals surface area contributed by atoms with Gasteiger partial charge in [0.05, 0.1) is 24.2 Å². The molecule has 4 aromatic carbocycles. The molecule has 0 saturated heterocycles. The predicted molar refractivity (Wildman–Crippen MR) is 155 cm³/mol. The number of amidine groups is 1. The molecule has 0 unspecified atom stereocenters. The average Bonchev–Trinajstić information content (AvgIpc) is 2.99. The smallest absolute Gasteiger partial charge is 0.270 e. The first-order valence-corrected chi connectivity index (χ1v) is 12.6. The Balaban J connectivity index is 1.54. The number of methoxy groups -OCH3 is 1. The van der Waals surface area contributed by atoms with Crippen molar-refractivity contribution in [1.82, 2.24) is 9.97 Å². The van der Waals surface area contributed by atoms with Gasteiger partial charge in [-0.25, -0.2) is 9.97 Å². The number of anilines is 1. The lowest BCUT2D eigenvalue weighted by atomic mass is 10.1. The maximum atomic E-state index is 5.30. The van der Waals surface area contributed by atoms with Crippen molar-refractivity contribution in [1.29, 1.82) is 0 Å². The monoisotopic (exact) mass is 562 g/mol. The SMILES string of the molecule is COc1ccc(C(N=Nc2nc(-c3ccccc3)cc(-c3ccccc3)n2)=NNc2ccc(Br)cc2)cc1. The predicted octanol–water partition coefficient (Wildman–Crippen LogP) is 8.14. The largest absolute Gasteiger partial charge is 0.497 e. The van der Waals surface area contributed by atoms with Crippen LogP contribution >= 0.6 is 15.9 Å². The van der Waals surface area contributed by atoms with Crippen molar-refractivity contribution in [3.63, 3.8) is 0 Å². The molecule has 5 rings (SSSR count). The van der Waals surface area contributed by atoms with Crippen molar-refractivity contribution in [2.75, 3.05) is 12.5 Å². The Morgan fingerprint density at radius 2 is 1.32 bits per heavy atom. The van der Waals surface area contributed by atoms with Gasteiger partial charge in [-0.15, -0.1) is 10.2 Å². The number of hydrogen-bond donors (Lipinski definition) is 1. The summed E-state index contributed by atoms with van der Waals surface area (Å²) in [7, 11) is 1.63. The van der Waals surface area contributed by atoms with E-state index in [2.05, 4.69) is 46.7 Å². The molecule has 186 valence electrons. The van der Waals surface area contributed by atoms with Crippen LogP contribution in [0.3, 0.4) is 0 Å². The lowest BCUT2D eigenvalue weighted by Gasteiger charge is -2.07. The van der Waals surface area contributed by atoms with Gasteiger partial charge < -0.3 is 4.74 Å². The van der Waals surface area contributed by atoms with Crippen LogP contribution < -0.4 is 10.2 Å². The minimum atomic E-state index is 0.232. The molecule has 0 radical (unpaired) electrons. The van der Waals surface area contributed by atoms with Crippen LogP contribution in [0.25, 0.3) is 22.5 Å². The summed E-state index contributed by atoms with van der Waals surface area (Å²) in [6.07, 6.45) is 0. The Morgan fingerprint density at radius 1 is 0.737 bits per heavy atom. The molecule has 0 atom stereocenters. The average molecular weight is 563 g/mol. The maximum absolute atomic E-state index is 5.30. The van der Waals surface area contributed by atoms with Crippen molar-refractivity contribution in [3.8, 4) is 28.3 Å². The zero-order valence-electron chi connectivity index (χ0n) is 20.5. The molecule has 1 N–H and O–H groups in total. The van der Waals surface area contributed by atoms with Gasteiger partial charge in [-0.2, -0.15) is 5.10 Å². The van der Waals surface area contributed by atoms with E-state index in [0.29, 0.717) is 5.84 Å². The highest BCUT2D eigenvalue weighted by Gasteiger charge is 2.10. The van der Waals surface area contributed by atoms with Gasteiger partial charge in [0.15, 0.2) is 0 Å². The van der Waals surface area contributed by atoms with E-state index in [4.69, 9.17) is 4.74 Å². The number of hydrogen-bond acceptors (Lipinski definition) is 6. The van der Waals surface area contributed by atoms with E-state index in [-0.39, 0.29) is 5.95 Å². The van der Waals surface area contributed by atoms with Crippen LogP contribution in [0.1, 0.15) is 5.56 Å². The molecule has 0 saturated carbocycles. The number of hydrazone groups is 1. The Kier molecular flexibility index (Phi) is 7.91. The highest BCUT2D eigenvalue weighted by Crippen LogP contribution is 2.26. The molecular formula is C30H23BrN6O. The van der Waals surface area contributed by atoms with Crippen LogP contribution in [0, 0.1) is 0 Å². The zero-order valence-corrected chi connectivity index (χ0v) is 22.1. The molecule has 8 heteroatoms. The molecule has 1 heterocycles. The third kappa shape index (κ3) is 6.35. The van der Waals surface area contributed by atoms with Gasteiger partial charge in [0.2, 0.25) is 5.84 Å². The molecule has 0 aliphatic carbocycles. The second-order valence-corrected chi connectivity index (χ2v) is 9.07. The highest BCUT2D eigenvalue weighted by molar-refractivity contribution is 9.10. The van der Waals surface area contributed by atoms with Gasteiger partial charge in [0.25, 0.3) is 5.95 Å². The number of azo groups is 1. The molecule has 0 fully saturated rings. The second-order valence-electron chi connectivity index (χ2n) is 8.15. The first kappa shape index (κ1) is 25.0. The first-order valence-electron chi connectivity index (χ1n) is 11.8. The third-order valence-electron chi connectivity index (χ3n) is 5.57. The summed E-state index contributed by atoms with van der Waals surface area (Å²) in [4.78, 5) is 9.36. The molecule has 38 heavy (non-hydrogen) atoms. The minimum absolute atomic E-state index is 0.232. The number of aromatic nitrogens is 2. The standard InChI is InChI=1S/C30H23BrN6O/c1-38-26-18-12-23(13-19-26)29(35-34-25-16-14-24(31)15-17-25)36-37-30-32-27(21-8-4-2-5-9-21)20-28(33-30)22-10-6-3-7-11-22/h2-20,34H,1H3. The summed E-state index contributed by atoms with van der Waals surface area (Å²) in [5.74, 6) is 1.33. The number of nitrogens with one attached hydrogen (secondary N) is 1. The van der Waals surface area contributed by atoms with Crippen LogP contribution in [-0.4, -0.2) is 22.9 Å². The van der Waals surface area contributed by atoms with E-state index in [1.54, 1.807) is 7.11 Å². The third-order valence-corrected chi connectivity index (χ3v) is 6.10. The Bertz CT molecular complexity index is 1500. The molecule has 0 aliphatic rings. The highest BCUT2D eigenvalue weighted by atomic mass is 79.9. The molecule has 0 aliphatic heterocycles. The van der Waals surface area contributed by atoms with Gasteiger partial charge in [-0.3, -0.25) is 5.43 Å². The van der Waals surface area contributed by atoms with Crippen LogP contribution in [0.2, 0.25) is 0 Å². The number of halogens is 1. The minimum Gasteiger partial charge on any atom is -0.497 e. The van der Waals surface area contributed by atoms with E-state index in [1.165, 1.54) is 0 Å². The fourth-order valence-corrected chi connectivity index (χ4v) is 3.88. The molecule has 0 bridgehead atoms. The van der Waals surface area contributed by atoms with Gasteiger partial charge in [-0.05, 0) is 54.6 Å². The molecule has 0 spiro atoms. The zero-order chi connectivity index (χ0) is 26.2. The second kappa shape index (κ2) is 12.0. The van der Waals surface area contributed by atoms with Crippen LogP contribution in [0.15, 0.2) is 135 Å². The fourth-order valence-electron chi connectivity index (χ4n) is 3.61. The van der Waals surface area contributed by atoms with Gasteiger partial charge in [-0.1, -0.05) is 76.6 Å². The summed E-state index contributed by atoms with van der Waals surface area (Å²) in [6, 6.07) is 36.9. The fraction of sp³-hybridized carbons (Fsp3) is 0.0333. The van der Waals surface area contributed by atoms with E-state index in [0.717, 1.165) is 44.0 Å². The normalized spacial score (nSPS) is 11.5. The Morgan fingerprint density at radius 3 is 1.87 bits per heavy atom. The Hall–Kier alpha value is -4.69. The molecule has 0 amide bonds. The van der Waals surface area contributed by atoms with Crippen LogP contribution in [0.5, 0.6) is 5.75 Å². The van der Waals surface area contributed by atoms with Crippen LogP contribution in [-0.2, 0) is 0 Å². The summed E-state index contributed by atoms with van der Waals surface area (Å²) < 4.78 is 6.27. The first-order chi connectivity index (χ1) is 18.7. The Labute approximate surface area is 229 Å². The lowest BCUT2D eigenvalue weighted by molar-refractivity contribution is 0.415. The summed E-state index contributed by atoms with van der Waals surface area (Å²) >= 11 is 3.45. The molecule has 1 aromatic heterocycles. The molecule has 5 aromatic rings. The number of ether oxygens (including phenoxy) is 1. The maximum Gasteiger partial charge on any atom is 0.270 e. The van der Waals surface area contributed by atoms with Crippen molar-refractivity contribution in [2.45, 2.75) is 0 Å². The van der Waals surface area contributed by atoms with Crippen LogP contribution in [0.4, 0.5) is 11.6 Å². The quantitative estimate of drug-likeness (QED) is 0.0938. The number of nitrogens with zero attached hydrogens (tertiary/aromatic N) is 5. The summed E-state index contributed by atoms with van der Waals surface area (Å²) in [5.41, 5.74) is 8.04. The van der Waals surface area contributed by atoms with E-state index in [9.17, 15) is 0 Å². The molecule has 7 nitrogen and oxygen atoms in total. The van der Waals surface area contributed by atoms with Crippen molar-refractivity contribution in [3.05, 3.63) is 125 Å². The summed E-state index contributed by atoms with van der Waals surface area (Å²) in [5, 5.41) is 13.4. The van der Waals surface area contributed by atoms with Gasteiger partial charge in [0, 0.05) is 21.2 Å². The van der Waals surface area contributed by atoms with Crippen molar-refractivity contribution < 1.29 is 4.74 Å². The van der Waals surface area contributed by atoms with Crippen molar-refractivity contribution >= 4 is 33.4 Å². The van der Waals surface area contributed by atoms with Crippen molar-refractivity contribution in [2.24, 2.45) is 15.3 Å². The van der Waals surface area contributed by atoms with E-state index in [1.807, 2.05) is 115 Å². The topological polar surface area (TPSA) is 84.1 Å². The van der Waals surface area contributed by atoms with E-state index >= 15 is 0 Å². The van der Waals surface area contributed by atoms with Gasteiger partial charge in [0.1, 0.15) is 5.75 Å². The molecular weight excluding hydrogens is 540 g/mol. The summed E-state index contributed by atoms with van der Waals surface area (Å²) in [6.45, 7) is 0.